The van der Waals surface area contributed by atoms with Gasteiger partial charge in [0.1, 0.15) is 0 Å². The van der Waals surface area contributed by atoms with Crippen molar-refractivity contribution in [3.05, 3.63) is 31.5 Å². The van der Waals surface area contributed by atoms with Crippen LogP contribution in [-0.2, 0) is 19.6 Å². The van der Waals surface area contributed by atoms with Crippen LogP contribution in [0.1, 0.15) is 0 Å². The predicted octanol–water partition coefficient (Wildman–Crippen LogP) is 1.24. The summed E-state index contributed by atoms with van der Waals surface area (Å²) < 4.78 is 3.04. The molecule has 1 aromatic heterocycles. The van der Waals surface area contributed by atoms with E-state index in [9.17, 15) is 19.5 Å². The molecule has 0 bridgehead atoms. The van der Waals surface area contributed by atoms with Crippen LogP contribution in [0, 0.1) is 0 Å². The van der Waals surface area contributed by atoms with E-state index < -0.39 is 21.9 Å². The van der Waals surface area contributed by atoms with Crippen LogP contribution < -0.4 is 17.1 Å². The van der Waals surface area contributed by atoms with Gasteiger partial charge in [0.25, 0.3) is 0 Å². The molecule has 0 amide bonds. The van der Waals surface area contributed by atoms with Gasteiger partial charge in [0.15, 0.2) is 0 Å². The predicted molar refractivity (Wildman–Crippen MR) is 112 cm³/mol. The van der Waals surface area contributed by atoms with Gasteiger partial charge in [-0.2, -0.15) is 0 Å². The van der Waals surface area contributed by atoms with Crippen LogP contribution in [0.4, 0.5) is 0 Å². The maximum Gasteiger partial charge on any atom is 0.336 e. The van der Waals surface area contributed by atoms with E-state index in [0.717, 1.165) is 13.7 Å². The number of aromatic nitrogens is 3. The summed E-state index contributed by atoms with van der Waals surface area (Å²) in [5, 5.41) is 10.3. The second-order valence-corrected chi connectivity index (χ2v) is 10.1. The summed E-state index contributed by atoms with van der Waals surface area (Å²) in [4.78, 5) is 37.0. The van der Waals surface area contributed by atoms with E-state index >= 15 is 0 Å². The lowest BCUT2D eigenvalue weighted by molar-refractivity contribution is 0.283. The number of hydrogen-bond acceptors (Lipinski definition) is 4. The Labute approximate surface area is 180 Å². The fourth-order valence-corrected chi connectivity index (χ4v) is 3.18. The Morgan fingerprint density at radius 1 is 0.708 bits per heavy atom. The molecule has 1 heterocycles. The topological polar surface area (TPSA) is 86.2 Å². The van der Waals surface area contributed by atoms with Gasteiger partial charge in [-0.1, -0.05) is 79.6 Å². The standard InChI is InChI=1S/C12H16Br5N3O4/c13-1-7(15)3-18-10(22)19(4-8(16)2-14)12(24)20(11(18)23)5-9(17)6-21/h7-9,21H,1-6H2. The SMILES string of the molecule is O=c1n(CC(Br)CO)c(=O)n(CC(Br)CBr)c(=O)n1CC(Br)CBr. The van der Waals surface area contributed by atoms with E-state index in [1.165, 1.54) is 0 Å². The second kappa shape index (κ2) is 10.8. The summed E-state index contributed by atoms with van der Waals surface area (Å²) in [6, 6.07) is 0. The zero-order valence-corrected chi connectivity index (χ0v) is 20.3. The Kier molecular flexibility index (Phi) is 10.3. The van der Waals surface area contributed by atoms with Crippen molar-refractivity contribution in [2.45, 2.75) is 34.1 Å². The largest absolute Gasteiger partial charge is 0.395 e. The van der Waals surface area contributed by atoms with Gasteiger partial charge >= 0.3 is 17.1 Å². The third-order valence-corrected chi connectivity index (χ3v) is 8.17. The second-order valence-electron chi connectivity index (χ2n) is 4.96. The molecule has 0 spiro atoms. The molecule has 138 valence electrons. The number of aliphatic hydroxyl groups is 1. The molecule has 1 rings (SSSR count). The third kappa shape index (κ3) is 5.90. The summed E-state index contributed by atoms with van der Waals surface area (Å²) in [6.07, 6.45) is 0. The molecule has 3 atom stereocenters. The minimum atomic E-state index is -0.686. The van der Waals surface area contributed by atoms with Crippen molar-refractivity contribution in [1.82, 2.24) is 13.7 Å². The Morgan fingerprint density at radius 3 is 1.25 bits per heavy atom. The number of nitrogens with zero attached hydrogens (tertiary/aromatic N) is 3. The van der Waals surface area contributed by atoms with Gasteiger partial charge in [-0.25, -0.2) is 28.1 Å². The lowest BCUT2D eigenvalue weighted by atomic mass is 10.4. The van der Waals surface area contributed by atoms with Crippen LogP contribution in [0.25, 0.3) is 0 Å². The first kappa shape index (κ1) is 22.8. The maximum atomic E-state index is 12.6. The number of rotatable bonds is 9. The normalized spacial score (nSPS) is 15.2. The molecule has 12 heteroatoms. The quantitative estimate of drug-likeness (QED) is 0.403. The highest BCUT2D eigenvalue weighted by Gasteiger charge is 2.20. The molecule has 24 heavy (non-hydrogen) atoms. The van der Waals surface area contributed by atoms with Gasteiger partial charge in [-0.15, -0.1) is 0 Å². The molecule has 7 nitrogen and oxygen atoms in total. The first-order valence-corrected chi connectivity index (χ1v) is 11.8. The Bertz CT molecular complexity index is 591. The molecule has 0 aliphatic heterocycles. The van der Waals surface area contributed by atoms with Crippen LogP contribution >= 0.6 is 79.6 Å². The van der Waals surface area contributed by atoms with Crippen molar-refractivity contribution in [1.29, 1.82) is 0 Å². The minimum Gasteiger partial charge on any atom is -0.395 e. The maximum absolute atomic E-state index is 12.6. The number of aliphatic hydroxyl groups excluding tert-OH is 1. The Morgan fingerprint density at radius 2 is 1.00 bits per heavy atom. The van der Waals surface area contributed by atoms with Gasteiger partial charge in [0, 0.05) is 39.9 Å². The molecule has 0 aliphatic rings. The lowest BCUT2D eigenvalue weighted by Gasteiger charge is -2.17. The zero-order chi connectivity index (χ0) is 18.4. The Hall–Kier alpha value is 0.770. The highest BCUT2D eigenvalue weighted by atomic mass is 79.9. The molecule has 0 saturated heterocycles. The van der Waals surface area contributed by atoms with Crippen molar-refractivity contribution < 1.29 is 5.11 Å². The summed E-state index contributed by atoms with van der Waals surface area (Å²) in [7, 11) is 0. The average molecular weight is 666 g/mol. The van der Waals surface area contributed by atoms with Crippen LogP contribution in [0.15, 0.2) is 14.4 Å². The zero-order valence-electron chi connectivity index (χ0n) is 12.4. The third-order valence-electron chi connectivity index (χ3n) is 3.06. The summed E-state index contributed by atoms with van der Waals surface area (Å²) in [5.41, 5.74) is -2.02. The van der Waals surface area contributed by atoms with Gasteiger partial charge < -0.3 is 5.11 Å². The van der Waals surface area contributed by atoms with E-state index in [1.54, 1.807) is 0 Å². The molecule has 0 saturated carbocycles. The van der Waals surface area contributed by atoms with E-state index in [1.807, 2.05) is 0 Å². The van der Waals surface area contributed by atoms with Crippen molar-refractivity contribution in [3.8, 4) is 0 Å². The highest BCUT2D eigenvalue weighted by Crippen LogP contribution is 2.06. The molecular formula is C12H16Br5N3O4. The summed E-state index contributed by atoms with van der Waals surface area (Å²) >= 11 is 16.5. The van der Waals surface area contributed by atoms with Crippen molar-refractivity contribution in [2.75, 3.05) is 17.3 Å². The highest BCUT2D eigenvalue weighted by molar-refractivity contribution is 9.12. The molecular weight excluding hydrogens is 650 g/mol. The molecule has 0 aliphatic carbocycles. The van der Waals surface area contributed by atoms with E-state index in [2.05, 4.69) is 79.6 Å². The van der Waals surface area contributed by atoms with E-state index in [0.29, 0.717) is 10.7 Å². The van der Waals surface area contributed by atoms with Crippen molar-refractivity contribution in [3.63, 3.8) is 0 Å². The molecule has 0 fully saturated rings. The van der Waals surface area contributed by atoms with E-state index in [-0.39, 0.29) is 35.9 Å². The molecule has 1 N–H and O–H groups in total. The minimum absolute atomic E-state index is 0.0308. The first-order chi connectivity index (χ1) is 11.3. The molecule has 0 aromatic carbocycles. The number of halogens is 5. The smallest absolute Gasteiger partial charge is 0.336 e. The van der Waals surface area contributed by atoms with Crippen LogP contribution in [-0.4, -0.2) is 50.6 Å². The lowest BCUT2D eigenvalue weighted by Crippen LogP contribution is -2.56. The van der Waals surface area contributed by atoms with Gasteiger partial charge in [0.2, 0.25) is 0 Å². The summed E-state index contributed by atoms with van der Waals surface area (Å²) in [5.74, 6) is 0. The fourth-order valence-electron chi connectivity index (χ4n) is 1.90. The van der Waals surface area contributed by atoms with Gasteiger partial charge in [0.05, 0.1) is 11.4 Å². The van der Waals surface area contributed by atoms with Crippen LogP contribution in [0.2, 0.25) is 0 Å². The van der Waals surface area contributed by atoms with Crippen LogP contribution in [0.5, 0.6) is 0 Å². The molecule has 1 aromatic rings. The number of hydrogen-bond donors (Lipinski definition) is 1. The van der Waals surface area contributed by atoms with Gasteiger partial charge in [-0.05, 0) is 0 Å². The number of alkyl halides is 5. The summed E-state index contributed by atoms with van der Waals surface area (Å²) in [6.45, 7) is -0.0278. The average Bonchev–Trinajstić information content (AvgIpc) is 2.58. The molecule has 0 radical (unpaired) electrons. The van der Waals surface area contributed by atoms with Gasteiger partial charge in [-0.3, -0.25) is 0 Å². The van der Waals surface area contributed by atoms with E-state index in [4.69, 9.17) is 0 Å². The van der Waals surface area contributed by atoms with Crippen molar-refractivity contribution >= 4 is 79.6 Å². The monoisotopic (exact) mass is 661 g/mol. The van der Waals surface area contributed by atoms with Crippen LogP contribution in [0.3, 0.4) is 0 Å². The Balaban J connectivity index is 3.55. The first-order valence-electron chi connectivity index (χ1n) is 6.86. The van der Waals surface area contributed by atoms with Crippen molar-refractivity contribution in [2.24, 2.45) is 0 Å². The molecule has 3 unspecified atom stereocenters. The fraction of sp³-hybridized carbons (Fsp3) is 0.750.